The zero-order valence-electron chi connectivity index (χ0n) is 22.5. The highest BCUT2D eigenvalue weighted by molar-refractivity contribution is 5.95. The van der Waals surface area contributed by atoms with E-state index < -0.39 is 0 Å². The lowest BCUT2D eigenvalue weighted by Gasteiger charge is -2.30. The van der Waals surface area contributed by atoms with E-state index in [1.807, 2.05) is 17.3 Å². The summed E-state index contributed by atoms with van der Waals surface area (Å²) in [4.78, 5) is 26.0. The molecule has 1 aliphatic heterocycles. The minimum absolute atomic E-state index is 0.00688. The molecule has 0 radical (unpaired) electrons. The molecule has 2 heterocycles. The first-order chi connectivity index (χ1) is 18.0. The number of ether oxygens (including phenoxy) is 1. The van der Waals surface area contributed by atoms with Crippen LogP contribution in [0.2, 0.25) is 0 Å². The van der Waals surface area contributed by atoms with Crippen molar-refractivity contribution < 1.29 is 9.53 Å². The van der Waals surface area contributed by atoms with E-state index in [-0.39, 0.29) is 12.5 Å². The maximum atomic E-state index is 13.2. The van der Waals surface area contributed by atoms with E-state index in [4.69, 9.17) is 4.74 Å². The third-order valence-corrected chi connectivity index (χ3v) is 7.14. The fraction of sp³-hybridized carbons (Fsp3) is 0.452. The van der Waals surface area contributed by atoms with E-state index in [1.165, 1.54) is 30.4 Å². The molecule has 6 heteroatoms. The Morgan fingerprint density at radius 2 is 1.62 bits per heavy atom. The second-order valence-corrected chi connectivity index (χ2v) is 10.3. The predicted molar refractivity (Wildman–Crippen MR) is 149 cm³/mol. The zero-order valence-corrected chi connectivity index (χ0v) is 22.5. The third kappa shape index (κ3) is 7.46. The van der Waals surface area contributed by atoms with Crippen LogP contribution < -0.4 is 4.90 Å². The number of anilines is 1. The van der Waals surface area contributed by atoms with Crippen LogP contribution in [0.1, 0.15) is 68.6 Å². The summed E-state index contributed by atoms with van der Waals surface area (Å²) in [5.74, 6) is 0.533. The van der Waals surface area contributed by atoms with E-state index in [2.05, 4.69) is 71.2 Å². The van der Waals surface area contributed by atoms with Crippen molar-refractivity contribution in [2.45, 2.75) is 65.0 Å². The first-order valence-electron chi connectivity index (χ1n) is 13.5. The SMILES string of the molecule is COCC(=O)N1CCCCCCCN(Cc2ccc(C(C)C)cc2)Cc2cc(-c3cncnc3)ccc21. The van der Waals surface area contributed by atoms with E-state index in [1.54, 1.807) is 13.4 Å². The normalized spacial score (nSPS) is 15.6. The number of benzene rings is 2. The number of fused-ring (bicyclic) bond motifs is 1. The fourth-order valence-electron chi connectivity index (χ4n) is 5.04. The van der Waals surface area contributed by atoms with Crippen LogP contribution in [-0.2, 0) is 22.6 Å². The van der Waals surface area contributed by atoms with Crippen LogP contribution in [0.3, 0.4) is 0 Å². The molecule has 196 valence electrons. The minimum atomic E-state index is 0.00688. The van der Waals surface area contributed by atoms with Gasteiger partial charge in [0.2, 0.25) is 0 Å². The molecule has 0 saturated heterocycles. The summed E-state index contributed by atoms with van der Waals surface area (Å²) in [6.45, 7) is 7.92. The smallest absolute Gasteiger partial charge is 0.252 e. The van der Waals surface area contributed by atoms with E-state index in [0.29, 0.717) is 12.5 Å². The van der Waals surface area contributed by atoms with Gasteiger partial charge >= 0.3 is 0 Å². The highest BCUT2D eigenvalue weighted by atomic mass is 16.5. The van der Waals surface area contributed by atoms with Gasteiger partial charge in [-0.1, -0.05) is 63.4 Å². The Morgan fingerprint density at radius 3 is 2.32 bits per heavy atom. The molecule has 6 nitrogen and oxygen atoms in total. The Morgan fingerprint density at radius 1 is 0.919 bits per heavy atom. The van der Waals surface area contributed by atoms with E-state index >= 15 is 0 Å². The van der Waals surface area contributed by atoms with Crippen LogP contribution >= 0.6 is 0 Å². The highest BCUT2D eigenvalue weighted by Crippen LogP contribution is 2.30. The second-order valence-electron chi connectivity index (χ2n) is 10.3. The molecule has 0 unspecified atom stereocenters. The molecule has 2 aromatic carbocycles. The molecule has 1 amide bonds. The summed E-state index contributed by atoms with van der Waals surface area (Å²) in [6, 6.07) is 15.4. The Hall–Kier alpha value is -3.09. The molecule has 0 saturated carbocycles. The Balaban J connectivity index is 1.70. The monoisotopic (exact) mass is 500 g/mol. The van der Waals surface area contributed by atoms with Crippen LogP contribution in [0, 0.1) is 0 Å². The van der Waals surface area contributed by atoms with Gasteiger partial charge in [-0.25, -0.2) is 9.97 Å². The maximum absolute atomic E-state index is 13.2. The Kier molecular flexibility index (Phi) is 9.80. The number of hydrogen-bond donors (Lipinski definition) is 0. The summed E-state index contributed by atoms with van der Waals surface area (Å²) < 4.78 is 5.25. The summed E-state index contributed by atoms with van der Waals surface area (Å²) in [6.07, 6.45) is 10.9. The van der Waals surface area contributed by atoms with Crippen molar-refractivity contribution >= 4 is 11.6 Å². The summed E-state index contributed by atoms with van der Waals surface area (Å²) in [5, 5.41) is 0. The average Bonchev–Trinajstić information content (AvgIpc) is 2.90. The number of carbonyl (C=O) groups excluding carboxylic acids is 1. The molecule has 1 aromatic heterocycles. The number of carbonyl (C=O) groups is 1. The van der Waals surface area contributed by atoms with Gasteiger partial charge in [-0.2, -0.15) is 0 Å². The molecular weight excluding hydrogens is 460 g/mol. The van der Waals surface area contributed by atoms with Crippen LogP contribution in [0.25, 0.3) is 11.1 Å². The Labute approximate surface area is 221 Å². The van der Waals surface area contributed by atoms with Crippen molar-refractivity contribution in [1.29, 1.82) is 0 Å². The van der Waals surface area contributed by atoms with Crippen molar-refractivity contribution in [2.24, 2.45) is 0 Å². The predicted octanol–water partition coefficient (Wildman–Crippen LogP) is 6.21. The first kappa shape index (κ1) is 27.0. The second kappa shape index (κ2) is 13.5. The lowest BCUT2D eigenvalue weighted by molar-refractivity contribution is -0.122. The third-order valence-electron chi connectivity index (χ3n) is 7.14. The number of nitrogens with zero attached hydrogens (tertiary/aromatic N) is 4. The number of hydrogen-bond acceptors (Lipinski definition) is 5. The standard InChI is InChI=1S/C31H40N4O2/c1-24(2)26-11-9-25(10-12-26)20-34-15-7-5-4-6-8-16-35(31(36)22-37-3)30-14-13-27(17-28(30)21-34)29-18-32-23-33-19-29/h9-14,17-19,23-24H,4-8,15-16,20-22H2,1-3H3. The molecule has 0 N–H and O–H groups in total. The van der Waals surface area contributed by atoms with Gasteiger partial charge in [0.25, 0.3) is 5.91 Å². The van der Waals surface area contributed by atoms with Crippen molar-refractivity contribution in [3.05, 3.63) is 77.9 Å². The Bertz CT molecular complexity index is 1130. The van der Waals surface area contributed by atoms with Gasteiger partial charge in [0.15, 0.2) is 0 Å². The quantitative estimate of drug-likeness (QED) is 0.403. The number of methoxy groups -OCH3 is 1. The van der Waals surface area contributed by atoms with Crippen molar-refractivity contribution in [2.75, 3.05) is 31.7 Å². The van der Waals surface area contributed by atoms with Gasteiger partial charge in [-0.15, -0.1) is 0 Å². The summed E-state index contributed by atoms with van der Waals surface area (Å²) >= 11 is 0. The number of amides is 1. The molecule has 0 bridgehead atoms. The van der Waals surface area contributed by atoms with Crippen molar-refractivity contribution in [1.82, 2.24) is 14.9 Å². The van der Waals surface area contributed by atoms with E-state index in [9.17, 15) is 4.79 Å². The minimum Gasteiger partial charge on any atom is -0.375 e. The van der Waals surface area contributed by atoms with Crippen LogP contribution in [-0.4, -0.2) is 47.6 Å². The number of rotatable bonds is 6. The molecular formula is C31H40N4O2. The van der Waals surface area contributed by atoms with Crippen molar-refractivity contribution in [3.63, 3.8) is 0 Å². The van der Waals surface area contributed by atoms with Crippen LogP contribution in [0.15, 0.2) is 61.2 Å². The molecule has 0 atom stereocenters. The molecule has 0 spiro atoms. The largest absolute Gasteiger partial charge is 0.375 e. The highest BCUT2D eigenvalue weighted by Gasteiger charge is 2.21. The van der Waals surface area contributed by atoms with Crippen molar-refractivity contribution in [3.8, 4) is 11.1 Å². The first-order valence-corrected chi connectivity index (χ1v) is 13.5. The molecule has 0 aliphatic carbocycles. The average molecular weight is 501 g/mol. The lowest BCUT2D eigenvalue weighted by atomic mass is 10.0. The van der Waals surface area contributed by atoms with Gasteiger partial charge in [0, 0.05) is 50.4 Å². The van der Waals surface area contributed by atoms with E-state index in [0.717, 1.165) is 54.9 Å². The molecule has 0 fully saturated rings. The van der Waals surface area contributed by atoms with Gasteiger partial charge in [0.1, 0.15) is 12.9 Å². The number of aromatic nitrogens is 2. The van der Waals surface area contributed by atoms with Gasteiger partial charge in [0.05, 0.1) is 0 Å². The molecule has 4 rings (SSSR count). The molecule has 37 heavy (non-hydrogen) atoms. The fourth-order valence-corrected chi connectivity index (χ4v) is 5.04. The topological polar surface area (TPSA) is 58.6 Å². The van der Waals surface area contributed by atoms with Gasteiger partial charge in [-0.05, 0) is 59.7 Å². The molecule has 3 aromatic rings. The molecule has 1 aliphatic rings. The summed E-state index contributed by atoms with van der Waals surface area (Å²) in [7, 11) is 1.58. The maximum Gasteiger partial charge on any atom is 0.252 e. The summed E-state index contributed by atoms with van der Waals surface area (Å²) in [5.41, 5.74) is 6.84. The van der Waals surface area contributed by atoms with Gasteiger partial charge < -0.3 is 9.64 Å². The van der Waals surface area contributed by atoms with Crippen LogP contribution in [0.5, 0.6) is 0 Å². The zero-order chi connectivity index (χ0) is 26.0. The van der Waals surface area contributed by atoms with Crippen LogP contribution in [0.4, 0.5) is 5.69 Å². The van der Waals surface area contributed by atoms with Gasteiger partial charge in [-0.3, -0.25) is 9.69 Å². The lowest BCUT2D eigenvalue weighted by Crippen LogP contribution is -2.36.